The van der Waals surface area contributed by atoms with Crippen molar-refractivity contribution in [2.24, 2.45) is 17.3 Å². The van der Waals surface area contributed by atoms with Crippen molar-refractivity contribution >= 4 is 39.2 Å². The standard InChI is InChI=1S/C23H29BrN2O3/c24-23-12-16-9-17(13-23)11-22(10-16,15-23)21(28)29-14-20(27)25-18-3-5-19(6-4-18)26-7-1-2-8-26/h3-6,16-17H,1-2,7-15H2,(H,25,27). The average Bonchev–Trinajstić information content (AvgIpc) is 3.19. The van der Waals surface area contributed by atoms with Gasteiger partial charge in [-0.1, -0.05) is 15.9 Å². The number of amides is 1. The molecule has 156 valence electrons. The molecule has 1 aliphatic heterocycles. The zero-order chi connectivity index (χ0) is 20.1. The van der Waals surface area contributed by atoms with E-state index in [4.69, 9.17) is 4.74 Å². The zero-order valence-electron chi connectivity index (χ0n) is 16.8. The summed E-state index contributed by atoms with van der Waals surface area (Å²) < 4.78 is 5.64. The van der Waals surface area contributed by atoms with Crippen molar-refractivity contribution in [1.82, 2.24) is 0 Å². The van der Waals surface area contributed by atoms with Crippen LogP contribution in [0.2, 0.25) is 0 Å². The second-order valence-electron chi connectivity index (χ2n) is 9.76. The number of alkyl halides is 1. The molecule has 0 aromatic heterocycles. The van der Waals surface area contributed by atoms with Gasteiger partial charge in [-0.15, -0.1) is 0 Å². The third-order valence-corrected chi connectivity index (χ3v) is 8.31. The van der Waals surface area contributed by atoms with Gasteiger partial charge in [0.25, 0.3) is 5.91 Å². The van der Waals surface area contributed by atoms with Gasteiger partial charge < -0.3 is 15.0 Å². The van der Waals surface area contributed by atoms with Gasteiger partial charge in [0, 0.05) is 28.8 Å². The molecule has 2 atom stereocenters. The highest BCUT2D eigenvalue weighted by atomic mass is 79.9. The summed E-state index contributed by atoms with van der Waals surface area (Å²) in [7, 11) is 0. The number of rotatable bonds is 5. The fourth-order valence-corrected chi connectivity index (χ4v) is 8.05. The van der Waals surface area contributed by atoms with E-state index in [0.717, 1.165) is 38.0 Å². The predicted octanol–water partition coefficient (Wildman–Crippen LogP) is 4.50. The summed E-state index contributed by atoms with van der Waals surface area (Å²) in [6, 6.07) is 7.91. The van der Waals surface area contributed by atoms with Crippen molar-refractivity contribution in [1.29, 1.82) is 0 Å². The van der Waals surface area contributed by atoms with Crippen LogP contribution in [0.25, 0.3) is 0 Å². The van der Waals surface area contributed by atoms with Gasteiger partial charge in [0.1, 0.15) is 0 Å². The lowest BCUT2D eigenvalue weighted by Gasteiger charge is -2.58. The van der Waals surface area contributed by atoms with E-state index in [-0.39, 0.29) is 28.2 Å². The first kappa shape index (κ1) is 19.4. The SMILES string of the molecule is O=C(COC(=O)C12CC3CC(CC(Br)(C3)C1)C2)Nc1ccc(N2CCCC2)cc1. The Morgan fingerprint density at radius 1 is 1.07 bits per heavy atom. The monoisotopic (exact) mass is 460 g/mol. The summed E-state index contributed by atoms with van der Waals surface area (Å²) >= 11 is 3.92. The quantitative estimate of drug-likeness (QED) is 0.518. The lowest BCUT2D eigenvalue weighted by atomic mass is 9.49. The fraction of sp³-hybridized carbons (Fsp3) is 0.652. The van der Waals surface area contributed by atoms with Crippen molar-refractivity contribution in [2.45, 2.75) is 55.7 Å². The molecule has 29 heavy (non-hydrogen) atoms. The van der Waals surface area contributed by atoms with Gasteiger partial charge in [-0.3, -0.25) is 9.59 Å². The molecule has 5 nitrogen and oxygen atoms in total. The first-order valence-electron chi connectivity index (χ1n) is 10.9. The highest BCUT2D eigenvalue weighted by molar-refractivity contribution is 9.10. The van der Waals surface area contributed by atoms with Crippen molar-refractivity contribution in [2.75, 3.05) is 29.9 Å². The number of nitrogens with one attached hydrogen (secondary N) is 1. The van der Waals surface area contributed by atoms with Crippen LogP contribution in [-0.2, 0) is 14.3 Å². The fourth-order valence-electron chi connectivity index (χ4n) is 6.60. The van der Waals surface area contributed by atoms with Crippen molar-refractivity contribution in [3.63, 3.8) is 0 Å². The number of nitrogens with zero attached hydrogens (tertiary/aromatic N) is 1. The maximum absolute atomic E-state index is 13.0. The number of carbonyl (C=O) groups is 2. The maximum Gasteiger partial charge on any atom is 0.312 e. The Kier molecular flexibility index (Phi) is 4.88. The van der Waals surface area contributed by atoms with E-state index in [2.05, 4.69) is 26.1 Å². The molecule has 6 heteroatoms. The summed E-state index contributed by atoms with van der Waals surface area (Å²) in [5.74, 6) is 0.790. The molecule has 4 bridgehead atoms. The number of ether oxygens (including phenoxy) is 1. The molecular weight excluding hydrogens is 432 g/mol. The average molecular weight is 461 g/mol. The van der Waals surface area contributed by atoms with Crippen LogP contribution in [0.15, 0.2) is 24.3 Å². The van der Waals surface area contributed by atoms with E-state index in [0.29, 0.717) is 11.8 Å². The van der Waals surface area contributed by atoms with Gasteiger partial charge >= 0.3 is 5.97 Å². The van der Waals surface area contributed by atoms with Crippen LogP contribution < -0.4 is 10.2 Å². The molecule has 1 amide bonds. The number of hydrogen-bond acceptors (Lipinski definition) is 4. The number of hydrogen-bond donors (Lipinski definition) is 1. The van der Waals surface area contributed by atoms with Gasteiger partial charge in [0.05, 0.1) is 5.41 Å². The van der Waals surface area contributed by atoms with E-state index in [1.54, 1.807) is 0 Å². The molecule has 1 N–H and O–H groups in total. The van der Waals surface area contributed by atoms with E-state index in [1.807, 2.05) is 24.3 Å². The molecule has 1 aromatic carbocycles. The summed E-state index contributed by atoms with van der Waals surface area (Å²) in [5, 5.41) is 2.85. The molecule has 0 spiro atoms. The molecule has 1 heterocycles. The Labute approximate surface area is 180 Å². The molecular formula is C23H29BrN2O3. The van der Waals surface area contributed by atoms with Gasteiger partial charge in [-0.25, -0.2) is 0 Å². The van der Waals surface area contributed by atoms with Crippen LogP contribution >= 0.6 is 15.9 Å². The molecule has 4 aliphatic carbocycles. The number of carbonyl (C=O) groups excluding carboxylic acids is 2. The van der Waals surface area contributed by atoms with Crippen molar-refractivity contribution in [3.05, 3.63) is 24.3 Å². The van der Waals surface area contributed by atoms with E-state index in [9.17, 15) is 9.59 Å². The predicted molar refractivity (Wildman–Crippen MR) is 116 cm³/mol. The first-order valence-corrected chi connectivity index (χ1v) is 11.7. The Hall–Kier alpha value is -1.56. The zero-order valence-corrected chi connectivity index (χ0v) is 18.4. The summed E-state index contributed by atoms with van der Waals surface area (Å²) in [4.78, 5) is 27.7. The van der Waals surface area contributed by atoms with Crippen LogP contribution in [0.5, 0.6) is 0 Å². The van der Waals surface area contributed by atoms with Crippen LogP contribution in [-0.4, -0.2) is 35.9 Å². The lowest BCUT2D eigenvalue weighted by molar-refractivity contribution is -0.170. The third-order valence-electron chi connectivity index (χ3n) is 7.38. The Balaban J connectivity index is 1.15. The highest BCUT2D eigenvalue weighted by Gasteiger charge is 2.60. The van der Waals surface area contributed by atoms with Crippen LogP contribution in [0.3, 0.4) is 0 Å². The second kappa shape index (κ2) is 7.29. The summed E-state index contributed by atoms with van der Waals surface area (Å²) in [6.45, 7) is 1.99. The molecule has 1 aromatic rings. The van der Waals surface area contributed by atoms with Gasteiger partial charge in [-0.05, 0) is 87.5 Å². The van der Waals surface area contributed by atoms with Crippen LogP contribution in [0.1, 0.15) is 51.4 Å². The Bertz CT molecular complexity index is 789. The normalized spacial score (nSPS) is 35.0. The first-order chi connectivity index (χ1) is 13.9. The largest absolute Gasteiger partial charge is 0.455 e. The number of benzene rings is 1. The smallest absolute Gasteiger partial charge is 0.312 e. The van der Waals surface area contributed by atoms with Crippen LogP contribution in [0.4, 0.5) is 11.4 Å². The van der Waals surface area contributed by atoms with E-state index >= 15 is 0 Å². The van der Waals surface area contributed by atoms with E-state index < -0.39 is 0 Å². The van der Waals surface area contributed by atoms with Crippen molar-refractivity contribution < 1.29 is 14.3 Å². The van der Waals surface area contributed by atoms with Gasteiger partial charge in [0.15, 0.2) is 6.61 Å². The van der Waals surface area contributed by atoms with Crippen molar-refractivity contribution in [3.8, 4) is 0 Å². The summed E-state index contributed by atoms with van der Waals surface area (Å²) in [6.07, 6.45) is 8.77. The number of esters is 1. The van der Waals surface area contributed by atoms with Gasteiger partial charge in [-0.2, -0.15) is 0 Å². The second-order valence-corrected chi connectivity index (χ2v) is 11.4. The minimum Gasteiger partial charge on any atom is -0.455 e. The lowest BCUT2D eigenvalue weighted by Crippen LogP contribution is -2.56. The molecule has 5 fully saturated rings. The highest BCUT2D eigenvalue weighted by Crippen LogP contribution is 2.64. The Morgan fingerprint density at radius 3 is 2.34 bits per heavy atom. The molecule has 5 aliphatic rings. The molecule has 4 saturated carbocycles. The summed E-state index contributed by atoms with van der Waals surface area (Å²) in [5.41, 5.74) is 1.55. The number of halogens is 1. The molecule has 2 unspecified atom stereocenters. The minimum absolute atomic E-state index is 0.107. The maximum atomic E-state index is 13.0. The molecule has 0 radical (unpaired) electrons. The third kappa shape index (κ3) is 3.80. The number of anilines is 2. The minimum atomic E-state index is -0.384. The molecule has 1 saturated heterocycles. The topological polar surface area (TPSA) is 58.6 Å². The molecule has 6 rings (SSSR count). The van der Waals surface area contributed by atoms with Gasteiger partial charge in [0.2, 0.25) is 0 Å². The van der Waals surface area contributed by atoms with E-state index in [1.165, 1.54) is 37.8 Å². The van der Waals surface area contributed by atoms with Crippen LogP contribution in [0, 0.1) is 17.3 Å². The Morgan fingerprint density at radius 2 is 1.72 bits per heavy atom.